The lowest BCUT2D eigenvalue weighted by Gasteiger charge is -2.06. The van der Waals surface area contributed by atoms with Crippen LogP contribution in [0.25, 0.3) is 10.8 Å². The molecular weight excluding hydrogens is 206 g/mol. The largest absolute Gasteiger partial charge is 0.298 e. The van der Waals surface area contributed by atoms with Gasteiger partial charge in [-0.25, -0.2) is 5.48 Å². The van der Waals surface area contributed by atoms with Gasteiger partial charge in [0.1, 0.15) is 0 Å². The van der Waals surface area contributed by atoms with Gasteiger partial charge in [-0.1, -0.05) is 30.3 Å². The van der Waals surface area contributed by atoms with E-state index in [0.717, 1.165) is 5.39 Å². The van der Waals surface area contributed by atoms with Crippen LogP contribution < -0.4 is 5.48 Å². The minimum absolute atomic E-state index is 0.280. The quantitative estimate of drug-likeness (QED) is 0.456. The fourth-order valence-electron chi connectivity index (χ4n) is 1.72. The third-order valence-corrected chi connectivity index (χ3v) is 2.41. The van der Waals surface area contributed by atoms with E-state index >= 15 is 0 Å². The highest BCUT2D eigenvalue weighted by Gasteiger charge is 2.11. The molecule has 2 aromatic carbocycles. The molecule has 0 aliphatic carbocycles. The average Bonchev–Trinajstić information content (AvgIpc) is 2.36. The minimum Gasteiger partial charge on any atom is -0.298 e. The summed E-state index contributed by atoms with van der Waals surface area (Å²) in [5.74, 6) is -0.625. The molecule has 0 unspecified atom stereocenters. The Morgan fingerprint density at radius 2 is 1.88 bits per heavy atom. The van der Waals surface area contributed by atoms with Crippen molar-refractivity contribution in [3.05, 3.63) is 47.5 Å². The molecule has 0 fully saturated rings. The summed E-state index contributed by atoms with van der Waals surface area (Å²) >= 11 is 0. The van der Waals surface area contributed by atoms with E-state index in [4.69, 9.17) is 5.21 Å². The van der Waals surface area contributed by atoms with Crippen LogP contribution in [0.15, 0.2) is 36.4 Å². The smallest absolute Gasteiger partial charge is 0.275 e. The summed E-state index contributed by atoms with van der Waals surface area (Å²) in [5.41, 5.74) is 2.28. The molecule has 1 amide bonds. The van der Waals surface area contributed by atoms with Crippen LogP contribution >= 0.6 is 0 Å². The maximum absolute atomic E-state index is 11.4. The summed E-state index contributed by atoms with van der Waals surface area (Å²) in [6.45, 7) is 0. The van der Waals surface area contributed by atoms with E-state index in [-0.39, 0.29) is 5.56 Å². The minimum atomic E-state index is -0.625. The Hall–Kier alpha value is -2.20. The fourth-order valence-corrected chi connectivity index (χ4v) is 1.72. The van der Waals surface area contributed by atoms with Gasteiger partial charge in [0, 0.05) is 10.9 Å². The molecule has 0 heterocycles. The number of hydrogen-bond acceptors (Lipinski definition) is 3. The first-order valence-corrected chi connectivity index (χ1v) is 4.69. The molecule has 0 saturated carbocycles. The van der Waals surface area contributed by atoms with Gasteiger partial charge in [0.05, 0.1) is 5.56 Å². The molecule has 0 spiro atoms. The molecule has 4 nitrogen and oxygen atoms in total. The molecule has 80 valence electrons. The summed E-state index contributed by atoms with van der Waals surface area (Å²) in [5, 5.41) is 9.95. The van der Waals surface area contributed by atoms with Crippen LogP contribution in [0.1, 0.15) is 20.7 Å². The second-order valence-corrected chi connectivity index (χ2v) is 3.31. The summed E-state index contributed by atoms with van der Waals surface area (Å²) in [6, 6.07) is 10.2. The number of hydrogen-bond donors (Lipinski definition) is 2. The van der Waals surface area contributed by atoms with E-state index in [1.807, 2.05) is 0 Å². The van der Waals surface area contributed by atoms with Gasteiger partial charge in [-0.3, -0.25) is 14.8 Å². The van der Waals surface area contributed by atoms with Crippen LogP contribution in [-0.4, -0.2) is 17.4 Å². The Morgan fingerprint density at radius 3 is 2.50 bits per heavy atom. The number of hydroxylamine groups is 1. The Bertz CT molecular complexity index is 558. The lowest BCUT2D eigenvalue weighted by atomic mass is 9.99. The first-order valence-electron chi connectivity index (χ1n) is 4.69. The van der Waals surface area contributed by atoms with Crippen molar-refractivity contribution in [3.63, 3.8) is 0 Å². The molecular formula is C12H9NO3. The standard InChI is InChI=1S/C12H9NO3/c14-7-9-5-1-3-8-4-2-6-10(11(8)9)12(15)13-16/h1-7,16H,(H,13,15). The molecule has 0 saturated heterocycles. The second kappa shape index (κ2) is 4.12. The van der Waals surface area contributed by atoms with E-state index < -0.39 is 5.91 Å². The first kappa shape index (κ1) is 10.3. The van der Waals surface area contributed by atoms with Crippen LogP contribution in [-0.2, 0) is 0 Å². The van der Waals surface area contributed by atoms with Crippen molar-refractivity contribution < 1.29 is 14.8 Å². The molecule has 0 aliphatic rings. The summed E-state index contributed by atoms with van der Waals surface area (Å²) in [7, 11) is 0. The molecule has 2 rings (SSSR count). The molecule has 0 aromatic heterocycles. The van der Waals surface area contributed by atoms with Gasteiger partial charge in [0.25, 0.3) is 5.91 Å². The normalized spacial score (nSPS) is 10.1. The Balaban J connectivity index is 2.83. The number of amides is 1. The van der Waals surface area contributed by atoms with Crippen molar-refractivity contribution in [3.8, 4) is 0 Å². The first-order chi connectivity index (χ1) is 7.77. The number of benzene rings is 2. The molecule has 2 aromatic rings. The van der Waals surface area contributed by atoms with Crippen LogP contribution in [0.4, 0.5) is 0 Å². The SMILES string of the molecule is O=Cc1cccc2cccc(C(=O)NO)c12. The molecule has 16 heavy (non-hydrogen) atoms. The van der Waals surface area contributed by atoms with Crippen LogP contribution in [0.5, 0.6) is 0 Å². The third kappa shape index (κ3) is 1.55. The van der Waals surface area contributed by atoms with Gasteiger partial charge in [-0.05, 0) is 11.5 Å². The maximum atomic E-state index is 11.4. The number of carbonyl (C=O) groups is 2. The fraction of sp³-hybridized carbons (Fsp3) is 0. The number of rotatable bonds is 2. The second-order valence-electron chi connectivity index (χ2n) is 3.31. The Morgan fingerprint density at radius 1 is 1.19 bits per heavy atom. The predicted octanol–water partition coefficient (Wildman–Crippen LogP) is 1.77. The van der Waals surface area contributed by atoms with E-state index in [2.05, 4.69) is 0 Å². The zero-order valence-corrected chi connectivity index (χ0v) is 8.31. The third-order valence-electron chi connectivity index (χ3n) is 2.41. The van der Waals surface area contributed by atoms with Gasteiger partial charge in [-0.2, -0.15) is 0 Å². The maximum Gasteiger partial charge on any atom is 0.275 e. The van der Waals surface area contributed by atoms with Crippen molar-refractivity contribution in [2.75, 3.05) is 0 Å². The zero-order chi connectivity index (χ0) is 11.5. The van der Waals surface area contributed by atoms with Gasteiger partial charge >= 0.3 is 0 Å². The molecule has 4 heteroatoms. The van der Waals surface area contributed by atoms with Gasteiger partial charge < -0.3 is 0 Å². The van der Waals surface area contributed by atoms with Crippen molar-refractivity contribution in [1.29, 1.82) is 0 Å². The van der Waals surface area contributed by atoms with Crippen LogP contribution in [0.3, 0.4) is 0 Å². The highest BCUT2D eigenvalue weighted by Crippen LogP contribution is 2.21. The van der Waals surface area contributed by atoms with Gasteiger partial charge in [-0.15, -0.1) is 0 Å². The molecule has 0 aliphatic heterocycles. The summed E-state index contributed by atoms with van der Waals surface area (Å²) in [6.07, 6.45) is 0.691. The van der Waals surface area contributed by atoms with Crippen molar-refractivity contribution in [1.82, 2.24) is 5.48 Å². The van der Waals surface area contributed by atoms with E-state index in [1.54, 1.807) is 41.9 Å². The van der Waals surface area contributed by atoms with Crippen LogP contribution in [0, 0.1) is 0 Å². The molecule has 0 radical (unpaired) electrons. The topological polar surface area (TPSA) is 66.4 Å². The lowest BCUT2D eigenvalue weighted by Crippen LogP contribution is -2.19. The van der Waals surface area contributed by atoms with E-state index in [9.17, 15) is 9.59 Å². The monoisotopic (exact) mass is 215 g/mol. The van der Waals surface area contributed by atoms with E-state index in [0.29, 0.717) is 17.2 Å². The summed E-state index contributed by atoms with van der Waals surface area (Å²) in [4.78, 5) is 22.3. The zero-order valence-electron chi connectivity index (χ0n) is 8.31. The van der Waals surface area contributed by atoms with Crippen molar-refractivity contribution in [2.45, 2.75) is 0 Å². The molecule has 0 atom stereocenters. The highest BCUT2D eigenvalue weighted by atomic mass is 16.5. The predicted molar refractivity (Wildman–Crippen MR) is 58.6 cm³/mol. The highest BCUT2D eigenvalue weighted by molar-refractivity contribution is 6.11. The Kier molecular flexibility index (Phi) is 2.66. The molecule has 2 N–H and O–H groups in total. The number of fused-ring (bicyclic) bond motifs is 1. The van der Waals surface area contributed by atoms with Gasteiger partial charge in [0.2, 0.25) is 0 Å². The Labute approximate surface area is 91.5 Å². The lowest BCUT2D eigenvalue weighted by molar-refractivity contribution is 0.0708. The number of carbonyl (C=O) groups excluding carboxylic acids is 2. The number of aldehydes is 1. The van der Waals surface area contributed by atoms with Crippen molar-refractivity contribution in [2.24, 2.45) is 0 Å². The summed E-state index contributed by atoms with van der Waals surface area (Å²) < 4.78 is 0. The average molecular weight is 215 g/mol. The molecule has 0 bridgehead atoms. The van der Waals surface area contributed by atoms with Gasteiger partial charge in [0.15, 0.2) is 6.29 Å². The number of nitrogens with one attached hydrogen (secondary N) is 1. The van der Waals surface area contributed by atoms with Crippen molar-refractivity contribution >= 4 is 23.0 Å². The van der Waals surface area contributed by atoms with E-state index in [1.165, 1.54) is 0 Å². The van der Waals surface area contributed by atoms with Crippen LogP contribution in [0.2, 0.25) is 0 Å².